The van der Waals surface area contributed by atoms with Gasteiger partial charge < -0.3 is 20.3 Å². The van der Waals surface area contributed by atoms with Gasteiger partial charge >= 0.3 is 6.01 Å². The number of rotatable bonds is 5. The van der Waals surface area contributed by atoms with Gasteiger partial charge in [-0.05, 0) is 31.6 Å². The summed E-state index contributed by atoms with van der Waals surface area (Å²) >= 11 is 0.922. The van der Waals surface area contributed by atoms with Gasteiger partial charge in [0, 0.05) is 36.8 Å². The van der Waals surface area contributed by atoms with Gasteiger partial charge in [-0.2, -0.15) is 15.2 Å². The van der Waals surface area contributed by atoms with Crippen molar-refractivity contribution in [2.45, 2.75) is 25.4 Å². The molecular formula is C26H23F2N7O2S. The number of benzene rings is 1. The second-order valence-electron chi connectivity index (χ2n) is 8.91. The maximum absolute atomic E-state index is 16.2. The van der Waals surface area contributed by atoms with Gasteiger partial charge in [0.2, 0.25) is 5.91 Å². The Morgan fingerprint density at radius 1 is 1.39 bits per heavy atom. The van der Waals surface area contributed by atoms with Crippen LogP contribution in [0.1, 0.15) is 18.9 Å². The number of carbonyl (C=O) groups excluding carboxylic acids is 1. The van der Waals surface area contributed by atoms with E-state index in [1.54, 1.807) is 4.90 Å². The summed E-state index contributed by atoms with van der Waals surface area (Å²) in [6.07, 6.45) is 3.40. The van der Waals surface area contributed by atoms with Crippen LogP contribution in [0, 0.1) is 23.0 Å². The predicted octanol–water partition coefficient (Wildman–Crippen LogP) is 4.26. The second kappa shape index (κ2) is 9.50. The fraction of sp³-hybridized carbons (Fsp3) is 0.269. The number of nitrogens with zero attached hydrogens (tertiary/aromatic N) is 6. The Morgan fingerprint density at radius 2 is 2.16 bits per heavy atom. The van der Waals surface area contributed by atoms with Crippen molar-refractivity contribution in [3.8, 4) is 23.3 Å². The largest absolute Gasteiger partial charge is 0.467 e. The van der Waals surface area contributed by atoms with Crippen LogP contribution in [-0.4, -0.2) is 58.5 Å². The number of nitrogens with two attached hydrogens (primary N) is 1. The maximum atomic E-state index is 16.2. The van der Waals surface area contributed by atoms with Crippen molar-refractivity contribution in [2.24, 2.45) is 0 Å². The smallest absolute Gasteiger partial charge is 0.318 e. The third-order valence-corrected chi connectivity index (χ3v) is 8.04. The van der Waals surface area contributed by atoms with Gasteiger partial charge in [-0.25, -0.2) is 8.78 Å². The van der Waals surface area contributed by atoms with E-state index in [0.29, 0.717) is 24.2 Å². The molecule has 0 bridgehead atoms. The Kier molecular flexibility index (Phi) is 6.32. The van der Waals surface area contributed by atoms with Crippen LogP contribution in [0.15, 0.2) is 31.0 Å². The molecule has 2 atom stereocenters. The van der Waals surface area contributed by atoms with Crippen LogP contribution >= 0.6 is 11.3 Å². The summed E-state index contributed by atoms with van der Waals surface area (Å²) in [5.41, 5.74) is 6.08. The molecule has 1 fully saturated rings. The first-order valence-electron chi connectivity index (χ1n) is 11.7. The zero-order chi connectivity index (χ0) is 27.3. The number of hydrogen-bond donors (Lipinski definition) is 1. The molecule has 2 unspecified atom stereocenters. The van der Waals surface area contributed by atoms with E-state index in [-0.39, 0.29) is 61.4 Å². The van der Waals surface area contributed by atoms with Crippen molar-refractivity contribution < 1.29 is 18.3 Å². The molecule has 4 heterocycles. The number of ether oxygens (including phenoxy) is 1. The molecule has 9 nitrogen and oxygen atoms in total. The summed E-state index contributed by atoms with van der Waals surface area (Å²) in [5, 5.41) is 10.3. The second-order valence-corrected chi connectivity index (χ2v) is 9.96. The average Bonchev–Trinajstić information content (AvgIpc) is 3.47. The molecule has 194 valence electrons. The number of halogens is 2. The summed E-state index contributed by atoms with van der Waals surface area (Å²) in [4.78, 5) is 29.0. The van der Waals surface area contributed by atoms with E-state index in [1.165, 1.54) is 31.5 Å². The highest BCUT2D eigenvalue weighted by Crippen LogP contribution is 2.42. The van der Waals surface area contributed by atoms with E-state index in [1.807, 2.05) is 24.9 Å². The highest BCUT2D eigenvalue weighted by Gasteiger charge is 2.37. The number of thiophene rings is 1. The normalized spacial score (nSPS) is 17.1. The van der Waals surface area contributed by atoms with E-state index in [9.17, 15) is 14.4 Å². The average molecular weight is 536 g/mol. The molecule has 0 aliphatic carbocycles. The molecule has 1 saturated heterocycles. The Morgan fingerprint density at radius 3 is 2.84 bits per heavy atom. The minimum Gasteiger partial charge on any atom is -0.467 e. The van der Waals surface area contributed by atoms with Crippen LogP contribution in [0.25, 0.3) is 32.2 Å². The lowest BCUT2D eigenvalue weighted by Gasteiger charge is -2.31. The molecule has 5 rings (SSSR count). The number of nitriles is 1. The summed E-state index contributed by atoms with van der Waals surface area (Å²) in [7, 11) is 3.19. The molecule has 38 heavy (non-hydrogen) atoms. The Balaban J connectivity index is 1.68. The fourth-order valence-electron chi connectivity index (χ4n) is 5.09. The van der Waals surface area contributed by atoms with Crippen LogP contribution in [0.2, 0.25) is 0 Å². The van der Waals surface area contributed by atoms with Crippen molar-refractivity contribution in [1.82, 2.24) is 19.9 Å². The first-order chi connectivity index (χ1) is 18.2. The third kappa shape index (κ3) is 3.78. The van der Waals surface area contributed by atoms with Gasteiger partial charge in [0.05, 0.1) is 28.8 Å². The van der Waals surface area contributed by atoms with E-state index >= 15 is 4.39 Å². The number of anilines is 2. The third-order valence-electron chi connectivity index (χ3n) is 7.01. The number of nitrogen functional groups attached to an aromatic ring is 1. The summed E-state index contributed by atoms with van der Waals surface area (Å²) < 4.78 is 36.1. The van der Waals surface area contributed by atoms with Gasteiger partial charge in [0.1, 0.15) is 33.9 Å². The number of carbonyl (C=O) groups is 1. The Bertz CT molecular complexity index is 1670. The number of pyridine rings is 1. The van der Waals surface area contributed by atoms with Crippen LogP contribution in [0.4, 0.5) is 19.6 Å². The maximum Gasteiger partial charge on any atom is 0.318 e. The van der Waals surface area contributed by atoms with E-state index in [4.69, 9.17) is 10.5 Å². The van der Waals surface area contributed by atoms with Crippen molar-refractivity contribution in [3.05, 3.63) is 48.2 Å². The molecule has 4 aromatic rings. The fourth-order valence-corrected chi connectivity index (χ4v) is 6.04. The zero-order valence-corrected chi connectivity index (χ0v) is 21.6. The van der Waals surface area contributed by atoms with Gasteiger partial charge in [-0.1, -0.05) is 6.58 Å². The number of aromatic nitrogens is 3. The Labute approximate surface area is 220 Å². The first-order valence-corrected chi connectivity index (χ1v) is 12.5. The first kappa shape index (κ1) is 25.3. The molecule has 12 heteroatoms. The summed E-state index contributed by atoms with van der Waals surface area (Å²) in [6, 6.07) is 4.23. The topological polar surface area (TPSA) is 121 Å². The minimum atomic E-state index is -0.776. The van der Waals surface area contributed by atoms with Crippen molar-refractivity contribution in [3.63, 3.8) is 0 Å². The van der Waals surface area contributed by atoms with Crippen molar-refractivity contribution >= 4 is 49.1 Å². The number of likely N-dealkylation sites (N-methyl/N-ethyl adjacent to an activating group) is 1. The van der Waals surface area contributed by atoms with Crippen LogP contribution < -0.4 is 15.4 Å². The standard InChI is InChI=1S/C26H23F2N7O2S/c1-5-18(36)35-9-8-17(12(35)2)34(3)25-15-11-31-21(20(28)22(15)32-26(33-25)37-4)13-6-7-16(27)23-19(13)14(10-29)24(30)38-23/h5-7,11-12,17H,1,8-9,30H2,2-4H3. The zero-order valence-electron chi connectivity index (χ0n) is 20.8. The van der Waals surface area contributed by atoms with Gasteiger partial charge in [0.15, 0.2) is 5.82 Å². The molecular weight excluding hydrogens is 512 g/mol. The van der Waals surface area contributed by atoms with Crippen molar-refractivity contribution in [1.29, 1.82) is 5.26 Å². The molecule has 3 aromatic heterocycles. The van der Waals surface area contributed by atoms with Crippen molar-refractivity contribution in [2.75, 3.05) is 31.3 Å². The molecule has 2 N–H and O–H groups in total. The molecule has 1 aliphatic heterocycles. The lowest BCUT2D eigenvalue weighted by Crippen LogP contribution is -2.43. The summed E-state index contributed by atoms with van der Waals surface area (Å²) in [5.74, 6) is -1.11. The quantitative estimate of drug-likeness (QED) is 0.376. The highest BCUT2D eigenvalue weighted by atomic mass is 32.1. The van der Waals surface area contributed by atoms with E-state index in [0.717, 1.165) is 11.3 Å². The predicted molar refractivity (Wildman–Crippen MR) is 142 cm³/mol. The number of methoxy groups -OCH3 is 1. The van der Waals surface area contributed by atoms with E-state index < -0.39 is 11.6 Å². The van der Waals surface area contributed by atoms with Gasteiger partial charge in [-0.3, -0.25) is 9.78 Å². The SMILES string of the molecule is C=CC(=O)N1CCC(N(C)c2nc(OC)nc3c(F)c(-c4ccc(F)c5sc(N)c(C#N)c45)ncc23)C1C. The molecule has 0 saturated carbocycles. The molecule has 1 aromatic carbocycles. The minimum absolute atomic E-state index is 0.0486. The molecule has 1 amide bonds. The van der Waals surface area contributed by atoms with Gasteiger partial charge in [-0.15, -0.1) is 11.3 Å². The number of likely N-dealkylation sites (tertiary alicyclic amines) is 1. The number of hydrogen-bond acceptors (Lipinski definition) is 9. The van der Waals surface area contributed by atoms with Crippen LogP contribution in [0.3, 0.4) is 0 Å². The van der Waals surface area contributed by atoms with Crippen LogP contribution in [0.5, 0.6) is 6.01 Å². The Hall–Kier alpha value is -4.37. The summed E-state index contributed by atoms with van der Waals surface area (Å²) in [6.45, 7) is 6.06. The lowest BCUT2D eigenvalue weighted by molar-refractivity contribution is -0.126. The molecule has 1 aliphatic rings. The number of fused-ring (bicyclic) bond motifs is 2. The lowest BCUT2D eigenvalue weighted by atomic mass is 10.0. The van der Waals surface area contributed by atoms with Gasteiger partial charge in [0.25, 0.3) is 0 Å². The monoisotopic (exact) mass is 535 g/mol. The molecule has 0 radical (unpaired) electrons. The van der Waals surface area contributed by atoms with Crippen LogP contribution in [-0.2, 0) is 4.79 Å². The molecule has 0 spiro atoms. The van der Waals surface area contributed by atoms with E-state index in [2.05, 4.69) is 21.5 Å². The number of amides is 1. The highest BCUT2D eigenvalue weighted by molar-refractivity contribution is 7.23.